The first-order valence-electron chi connectivity index (χ1n) is 6.77. The Hall–Kier alpha value is -2.34. The van der Waals surface area contributed by atoms with E-state index >= 15 is 0 Å². The summed E-state index contributed by atoms with van der Waals surface area (Å²) in [6.45, 7) is 1.57. The number of anilines is 1. The summed E-state index contributed by atoms with van der Waals surface area (Å²) in [4.78, 5) is 8.32. The van der Waals surface area contributed by atoms with E-state index in [4.69, 9.17) is 14.2 Å². The zero-order valence-corrected chi connectivity index (χ0v) is 11.8. The summed E-state index contributed by atoms with van der Waals surface area (Å²) >= 11 is 0. The quantitative estimate of drug-likeness (QED) is 0.876. The molecule has 0 radical (unpaired) electrons. The van der Waals surface area contributed by atoms with Gasteiger partial charge in [0.25, 0.3) is 0 Å². The van der Waals surface area contributed by atoms with Crippen molar-refractivity contribution in [2.75, 3.05) is 25.8 Å². The molecule has 0 saturated heterocycles. The summed E-state index contributed by atoms with van der Waals surface area (Å²) in [5, 5.41) is 3.28. The summed E-state index contributed by atoms with van der Waals surface area (Å²) in [5.41, 5.74) is 2.05. The number of hydrogen-bond donors (Lipinski definition) is 1. The minimum absolute atomic E-state index is 0.306. The van der Waals surface area contributed by atoms with Crippen molar-refractivity contribution in [3.05, 3.63) is 41.9 Å². The second kappa shape index (κ2) is 6.41. The molecule has 0 bridgehead atoms. The first-order chi connectivity index (χ1) is 10.3. The van der Waals surface area contributed by atoms with E-state index in [1.165, 1.54) is 11.9 Å². The Kier molecular flexibility index (Phi) is 4.16. The number of rotatable bonds is 6. The van der Waals surface area contributed by atoms with Crippen LogP contribution >= 0.6 is 0 Å². The highest BCUT2D eigenvalue weighted by Gasteiger charge is 2.12. The molecule has 6 heteroatoms. The Bertz CT molecular complexity index is 619. The molecule has 1 aromatic heterocycles. The van der Waals surface area contributed by atoms with Crippen LogP contribution in [0.2, 0.25) is 0 Å². The molecule has 1 aliphatic heterocycles. The molecule has 1 N–H and O–H groups in total. The van der Waals surface area contributed by atoms with Crippen molar-refractivity contribution < 1.29 is 14.2 Å². The van der Waals surface area contributed by atoms with E-state index in [1.807, 2.05) is 24.3 Å². The predicted molar refractivity (Wildman–Crippen MR) is 77.5 cm³/mol. The fourth-order valence-corrected chi connectivity index (χ4v) is 2.15. The molecular weight excluding hydrogens is 270 g/mol. The molecule has 0 aliphatic carbocycles. The molecule has 2 aromatic rings. The first-order valence-corrected chi connectivity index (χ1v) is 6.77. The van der Waals surface area contributed by atoms with E-state index in [1.54, 1.807) is 7.11 Å². The maximum Gasteiger partial charge on any atom is 0.231 e. The van der Waals surface area contributed by atoms with E-state index in [-0.39, 0.29) is 0 Å². The lowest BCUT2D eigenvalue weighted by molar-refractivity contribution is 0.174. The van der Waals surface area contributed by atoms with Gasteiger partial charge < -0.3 is 19.5 Å². The number of hydrogen-bond acceptors (Lipinski definition) is 6. The number of methoxy groups -OCH3 is 1. The van der Waals surface area contributed by atoms with Gasteiger partial charge in [0.05, 0.1) is 12.3 Å². The minimum Gasteiger partial charge on any atom is -0.454 e. The lowest BCUT2D eigenvalue weighted by Gasteiger charge is -2.07. The van der Waals surface area contributed by atoms with Crippen molar-refractivity contribution in [2.24, 2.45) is 0 Å². The number of nitrogens with zero attached hydrogens (tertiary/aromatic N) is 2. The number of aromatic nitrogens is 2. The SMILES string of the molecule is COCc1cc(NCCc2ccc3c(c2)OCO3)ncn1. The molecule has 3 rings (SSSR count). The fourth-order valence-electron chi connectivity index (χ4n) is 2.15. The molecule has 0 amide bonds. The highest BCUT2D eigenvalue weighted by atomic mass is 16.7. The third-order valence-electron chi connectivity index (χ3n) is 3.17. The van der Waals surface area contributed by atoms with Crippen LogP contribution in [-0.4, -0.2) is 30.4 Å². The van der Waals surface area contributed by atoms with Gasteiger partial charge in [-0.1, -0.05) is 6.07 Å². The number of fused-ring (bicyclic) bond motifs is 1. The highest BCUT2D eigenvalue weighted by Crippen LogP contribution is 2.32. The number of ether oxygens (including phenoxy) is 3. The van der Waals surface area contributed by atoms with Crippen molar-refractivity contribution in [3.8, 4) is 11.5 Å². The Morgan fingerprint density at radius 2 is 2.10 bits per heavy atom. The zero-order chi connectivity index (χ0) is 14.5. The largest absolute Gasteiger partial charge is 0.454 e. The van der Waals surface area contributed by atoms with E-state index in [9.17, 15) is 0 Å². The van der Waals surface area contributed by atoms with Gasteiger partial charge in [0.15, 0.2) is 11.5 Å². The molecule has 0 fully saturated rings. The number of nitrogens with one attached hydrogen (secondary N) is 1. The van der Waals surface area contributed by atoms with Crippen molar-refractivity contribution in [3.63, 3.8) is 0 Å². The molecule has 1 aromatic carbocycles. The second-order valence-electron chi connectivity index (χ2n) is 4.69. The third-order valence-corrected chi connectivity index (χ3v) is 3.17. The molecule has 110 valence electrons. The zero-order valence-electron chi connectivity index (χ0n) is 11.8. The van der Waals surface area contributed by atoms with Crippen LogP contribution in [0.1, 0.15) is 11.3 Å². The van der Waals surface area contributed by atoms with E-state index in [0.717, 1.165) is 36.0 Å². The van der Waals surface area contributed by atoms with Gasteiger partial charge in [-0.15, -0.1) is 0 Å². The van der Waals surface area contributed by atoms with Crippen LogP contribution in [0, 0.1) is 0 Å². The smallest absolute Gasteiger partial charge is 0.231 e. The predicted octanol–water partition coefficient (Wildman–Crippen LogP) is 2.01. The van der Waals surface area contributed by atoms with Crippen LogP contribution in [0.4, 0.5) is 5.82 Å². The topological polar surface area (TPSA) is 65.5 Å². The van der Waals surface area contributed by atoms with Gasteiger partial charge in [-0.3, -0.25) is 0 Å². The standard InChI is InChI=1S/C15H17N3O3/c1-19-8-12-7-15(18-9-17-12)16-5-4-11-2-3-13-14(6-11)21-10-20-13/h2-3,6-7,9H,4-5,8,10H2,1H3,(H,16,17,18). The van der Waals surface area contributed by atoms with Crippen molar-refractivity contribution in [2.45, 2.75) is 13.0 Å². The van der Waals surface area contributed by atoms with Gasteiger partial charge in [0.2, 0.25) is 6.79 Å². The van der Waals surface area contributed by atoms with Gasteiger partial charge in [-0.2, -0.15) is 0 Å². The van der Waals surface area contributed by atoms with Crippen molar-refractivity contribution in [1.29, 1.82) is 0 Å². The third kappa shape index (κ3) is 3.41. The number of benzene rings is 1. The van der Waals surface area contributed by atoms with Crippen molar-refractivity contribution in [1.82, 2.24) is 9.97 Å². The van der Waals surface area contributed by atoms with Gasteiger partial charge in [0, 0.05) is 19.7 Å². The Labute approximate surface area is 123 Å². The molecule has 21 heavy (non-hydrogen) atoms. The maximum atomic E-state index is 5.37. The second-order valence-corrected chi connectivity index (χ2v) is 4.69. The fraction of sp³-hybridized carbons (Fsp3) is 0.333. The van der Waals surface area contributed by atoms with Crippen LogP contribution in [0.15, 0.2) is 30.6 Å². The lowest BCUT2D eigenvalue weighted by atomic mass is 10.1. The minimum atomic E-state index is 0.306. The van der Waals surface area contributed by atoms with Crippen LogP contribution in [0.3, 0.4) is 0 Å². The average Bonchev–Trinajstić information content (AvgIpc) is 2.96. The van der Waals surface area contributed by atoms with Gasteiger partial charge in [-0.25, -0.2) is 9.97 Å². The van der Waals surface area contributed by atoms with E-state index in [0.29, 0.717) is 13.4 Å². The van der Waals surface area contributed by atoms with E-state index in [2.05, 4.69) is 15.3 Å². The summed E-state index contributed by atoms with van der Waals surface area (Å²) in [5.74, 6) is 2.43. The summed E-state index contributed by atoms with van der Waals surface area (Å²) < 4.78 is 15.7. The Balaban J connectivity index is 1.55. The van der Waals surface area contributed by atoms with Crippen LogP contribution < -0.4 is 14.8 Å². The molecule has 0 atom stereocenters. The summed E-state index contributed by atoms with van der Waals surface area (Å²) in [6.07, 6.45) is 2.41. The van der Waals surface area contributed by atoms with Gasteiger partial charge >= 0.3 is 0 Å². The summed E-state index contributed by atoms with van der Waals surface area (Å²) in [7, 11) is 1.65. The molecule has 2 heterocycles. The highest BCUT2D eigenvalue weighted by molar-refractivity contribution is 5.44. The maximum absolute atomic E-state index is 5.37. The average molecular weight is 287 g/mol. The molecule has 0 unspecified atom stereocenters. The van der Waals surface area contributed by atoms with Crippen LogP contribution in [-0.2, 0) is 17.8 Å². The normalized spacial score (nSPS) is 12.4. The first kappa shape index (κ1) is 13.6. The Morgan fingerprint density at radius 1 is 1.19 bits per heavy atom. The van der Waals surface area contributed by atoms with E-state index < -0.39 is 0 Å². The van der Waals surface area contributed by atoms with Crippen LogP contribution in [0.5, 0.6) is 11.5 Å². The molecule has 1 aliphatic rings. The van der Waals surface area contributed by atoms with Crippen molar-refractivity contribution >= 4 is 5.82 Å². The monoisotopic (exact) mass is 287 g/mol. The molecule has 0 spiro atoms. The van der Waals surface area contributed by atoms with Crippen LogP contribution in [0.25, 0.3) is 0 Å². The van der Waals surface area contributed by atoms with Gasteiger partial charge in [-0.05, 0) is 24.1 Å². The Morgan fingerprint density at radius 3 is 3.00 bits per heavy atom. The summed E-state index contributed by atoms with van der Waals surface area (Å²) in [6, 6.07) is 7.90. The molecular formula is C15H17N3O3. The lowest BCUT2D eigenvalue weighted by Crippen LogP contribution is -2.07. The molecule has 0 saturated carbocycles. The van der Waals surface area contributed by atoms with Gasteiger partial charge in [0.1, 0.15) is 12.1 Å². The molecule has 6 nitrogen and oxygen atoms in total.